The molecule has 1 aliphatic carbocycles. The third-order valence-electron chi connectivity index (χ3n) is 3.55. The van der Waals surface area contributed by atoms with E-state index in [0.717, 1.165) is 32.5 Å². The van der Waals surface area contributed by atoms with Crippen molar-refractivity contribution in [1.82, 2.24) is 9.80 Å². The number of piperidine rings is 2. The second kappa shape index (κ2) is 3.99. The normalized spacial score (nSPS) is 32.9. The number of hydrogen-bond donors (Lipinski definition) is 0. The van der Waals surface area contributed by atoms with E-state index in [-0.39, 0.29) is 0 Å². The van der Waals surface area contributed by atoms with Gasteiger partial charge in [-0.05, 0) is 26.9 Å². The van der Waals surface area contributed by atoms with E-state index in [0.29, 0.717) is 17.7 Å². The first-order chi connectivity index (χ1) is 6.66. The number of likely N-dealkylation sites (N-methyl/N-ethyl adjacent to an activating group) is 1. The summed E-state index contributed by atoms with van der Waals surface area (Å²) in [5.41, 5.74) is 0. The number of Topliss-reactive ketones (excluding diaryl/α,β-unsaturated/α-hetero) is 1. The fraction of sp³-hybridized carbons (Fsp3) is 0.909. The van der Waals surface area contributed by atoms with Gasteiger partial charge in [0.1, 0.15) is 5.78 Å². The van der Waals surface area contributed by atoms with E-state index in [1.807, 2.05) is 0 Å². The van der Waals surface area contributed by atoms with Gasteiger partial charge in [0.25, 0.3) is 0 Å². The molecule has 3 fully saturated rings. The van der Waals surface area contributed by atoms with Gasteiger partial charge in [-0.1, -0.05) is 0 Å². The Balaban J connectivity index is 1.87. The quantitative estimate of drug-likeness (QED) is 0.660. The number of carbonyl (C=O) groups is 1. The summed E-state index contributed by atoms with van der Waals surface area (Å²) in [6.07, 6.45) is 3.20. The summed E-state index contributed by atoms with van der Waals surface area (Å²) in [5.74, 6) is 0.879. The molecule has 0 aromatic rings. The van der Waals surface area contributed by atoms with Crippen LogP contribution in [0.15, 0.2) is 0 Å². The van der Waals surface area contributed by atoms with E-state index in [9.17, 15) is 4.79 Å². The highest BCUT2D eigenvalue weighted by atomic mass is 16.1. The molecule has 2 heterocycles. The predicted molar refractivity (Wildman–Crippen MR) is 56.3 cm³/mol. The van der Waals surface area contributed by atoms with Crippen molar-refractivity contribution in [2.75, 3.05) is 33.7 Å². The summed E-state index contributed by atoms with van der Waals surface area (Å²) < 4.78 is 0. The Morgan fingerprint density at radius 3 is 2.71 bits per heavy atom. The summed E-state index contributed by atoms with van der Waals surface area (Å²) in [4.78, 5) is 16.2. The van der Waals surface area contributed by atoms with Gasteiger partial charge >= 0.3 is 0 Å². The minimum Gasteiger partial charge on any atom is -0.308 e. The van der Waals surface area contributed by atoms with E-state index in [4.69, 9.17) is 0 Å². The maximum atomic E-state index is 11.5. The van der Waals surface area contributed by atoms with Crippen LogP contribution in [0.4, 0.5) is 0 Å². The number of nitrogens with zero attached hydrogens (tertiary/aromatic N) is 2. The zero-order valence-corrected chi connectivity index (χ0v) is 9.20. The summed E-state index contributed by atoms with van der Waals surface area (Å²) in [7, 11) is 4.21. The molecular weight excluding hydrogens is 176 g/mol. The molecule has 0 spiro atoms. The second-order valence-corrected chi connectivity index (χ2v) is 4.90. The SMILES string of the molecule is CN(C)CCN1CC2CCC1CC2=O. The number of rotatable bonds is 3. The molecular formula is C11H20N2O. The van der Waals surface area contributed by atoms with Gasteiger partial charge in [-0.25, -0.2) is 0 Å². The van der Waals surface area contributed by atoms with Crippen LogP contribution in [0.1, 0.15) is 19.3 Å². The number of fused-ring (bicyclic) bond motifs is 3. The zero-order valence-electron chi connectivity index (χ0n) is 9.20. The number of ketones is 1. The molecule has 2 bridgehead atoms. The van der Waals surface area contributed by atoms with E-state index in [2.05, 4.69) is 23.9 Å². The Morgan fingerprint density at radius 2 is 2.21 bits per heavy atom. The Kier molecular flexibility index (Phi) is 2.88. The van der Waals surface area contributed by atoms with Crippen molar-refractivity contribution in [3.05, 3.63) is 0 Å². The lowest BCUT2D eigenvalue weighted by Crippen LogP contribution is -2.53. The van der Waals surface area contributed by atoms with Crippen LogP contribution in [0.5, 0.6) is 0 Å². The molecule has 3 aliphatic rings. The minimum absolute atomic E-state index is 0.363. The van der Waals surface area contributed by atoms with Crippen LogP contribution in [-0.4, -0.2) is 55.4 Å². The molecule has 0 N–H and O–H groups in total. The van der Waals surface area contributed by atoms with Crippen LogP contribution in [-0.2, 0) is 4.79 Å². The third-order valence-corrected chi connectivity index (χ3v) is 3.55. The largest absolute Gasteiger partial charge is 0.308 e. The third kappa shape index (κ3) is 1.98. The highest BCUT2D eigenvalue weighted by Gasteiger charge is 2.38. The first-order valence-electron chi connectivity index (χ1n) is 5.58. The average Bonchev–Trinajstić information content (AvgIpc) is 2.16. The standard InChI is InChI=1S/C11H20N2O/c1-12(2)5-6-13-8-9-3-4-10(13)7-11(9)14/h9-10H,3-8H2,1-2H3. The van der Waals surface area contributed by atoms with Crippen molar-refractivity contribution in [3.63, 3.8) is 0 Å². The second-order valence-electron chi connectivity index (χ2n) is 4.90. The first-order valence-corrected chi connectivity index (χ1v) is 5.58. The van der Waals surface area contributed by atoms with Gasteiger partial charge in [-0.2, -0.15) is 0 Å². The highest BCUT2D eigenvalue weighted by molar-refractivity contribution is 5.83. The van der Waals surface area contributed by atoms with Gasteiger partial charge in [-0.3, -0.25) is 9.69 Å². The van der Waals surface area contributed by atoms with Gasteiger partial charge in [-0.15, -0.1) is 0 Å². The van der Waals surface area contributed by atoms with Crippen molar-refractivity contribution in [3.8, 4) is 0 Å². The van der Waals surface area contributed by atoms with Gasteiger partial charge in [0.05, 0.1) is 0 Å². The van der Waals surface area contributed by atoms with Gasteiger partial charge < -0.3 is 4.90 Å². The number of hydrogen-bond acceptors (Lipinski definition) is 3. The Morgan fingerprint density at radius 1 is 1.43 bits per heavy atom. The summed E-state index contributed by atoms with van der Waals surface area (Å²) in [6, 6.07) is 0.562. The van der Waals surface area contributed by atoms with Gasteiger partial charge in [0.15, 0.2) is 0 Å². The van der Waals surface area contributed by atoms with Crippen LogP contribution in [0.25, 0.3) is 0 Å². The molecule has 1 saturated carbocycles. The molecule has 80 valence electrons. The van der Waals surface area contributed by atoms with Crippen molar-refractivity contribution >= 4 is 5.78 Å². The molecule has 2 atom stereocenters. The van der Waals surface area contributed by atoms with E-state index < -0.39 is 0 Å². The fourth-order valence-electron chi connectivity index (χ4n) is 2.59. The van der Waals surface area contributed by atoms with Crippen molar-refractivity contribution in [1.29, 1.82) is 0 Å². The predicted octanol–water partition coefficient (Wildman–Crippen LogP) is 0.601. The number of carbonyl (C=O) groups excluding carboxylic acids is 1. The minimum atomic E-state index is 0.363. The first kappa shape index (κ1) is 10.1. The van der Waals surface area contributed by atoms with E-state index in [1.165, 1.54) is 6.42 Å². The molecule has 2 unspecified atom stereocenters. The Labute approximate surface area is 86.1 Å². The van der Waals surface area contributed by atoms with Crippen molar-refractivity contribution in [2.45, 2.75) is 25.3 Å². The summed E-state index contributed by atoms with van der Waals surface area (Å²) in [5, 5.41) is 0. The molecule has 3 rings (SSSR count). The molecule has 0 aromatic heterocycles. The van der Waals surface area contributed by atoms with Gasteiger partial charge in [0, 0.05) is 38.0 Å². The topological polar surface area (TPSA) is 23.6 Å². The molecule has 2 saturated heterocycles. The summed E-state index contributed by atoms with van der Waals surface area (Å²) in [6.45, 7) is 3.26. The Bertz CT molecular complexity index is 227. The van der Waals surface area contributed by atoms with Crippen LogP contribution in [0.2, 0.25) is 0 Å². The molecule has 0 aromatic carbocycles. The smallest absolute Gasteiger partial charge is 0.138 e. The van der Waals surface area contributed by atoms with Crippen LogP contribution < -0.4 is 0 Å². The molecule has 3 heteroatoms. The van der Waals surface area contributed by atoms with Gasteiger partial charge in [0.2, 0.25) is 0 Å². The van der Waals surface area contributed by atoms with E-state index >= 15 is 0 Å². The van der Waals surface area contributed by atoms with E-state index in [1.54, 1.807) is 0 Å². The van der Waals surface area contributed by atoms with Crippen molar-refractivity contribution < 1.29 is 4.79 Å². The average molecular weight is 196 g/mol. The molecule has 3 nitrogen and oxygen atoms in total. The van der Waals surface area contributed by atoms with Crippen LogP contribution >= 0.6 is 0 Å². The fourth-order valence-corrected chi connectivity index (χ4v) is 2.59. The lowest BCUT2D eigenvalue weighted by atomic mass is 9.79. The monoisotopic (exact) mass is 196 g/mol. The lowest BCUT2D eigenvalue weighted by Gasteiger charge is -2.44. The summed E-state index contributed by atoms with van der Waals surface area (Å²) >= 11 is 0. The maximum Gasteiger partial charge on any atom is 0.138 e. The van der Waals surface area contributed by atoms with Crippen molar-refractivity contribution in [2.24, 2.45) is 5.92 Å². The molecule has 14 heavy (non-hydrogen) atoms. The zero-order chi connectivity index (χ0) is 10.1. The van der Waals surface area contributed by atoms with Crippen LogP contribution in [0, 0.1) is 5.92 Å². The lowest BCUT2D eigenvalue weighted by molar-refractivity contribution is -0.132. The molecule has 0 radical (unpaired) electrons. The van der Waals surface area contributed by atoms with Crippen LogP contribution in [0.3, 0.4) is 0 Å². The highest BCUT2D eigenvalue weighted by Crippen LogP contribution is 2.32. The molecule has 2 aliphatic heterocycles. The molecule has 0 amide bonds. The maximum absolute atomic E-state index is 11.5. The Hall–Kier alpha value is -0.410.